The first-order chi connectivity index (χ1) is 8.35. The van der Waals surface area contributed by atoms with E-state index in [-0.39, 0.29) is 0 Å². The van der Waals surface area contributed by atoms with Gasteiger partial charge in [0.15, 0.2) is 0 Å². The lowest BCUT2D eigenvalue weighted by atomic mass is 9.82. The number of hydrogen-bond acceptors (Lipinski definition) is 2. The third-order valence-corrected chi connectivity index (χ3v) is 3.67. The van der Waals surface area contributed by atoms with Crippen LogP contribution in [-0.2, 0) is 4.74 Å². The SMILES string of the molecule is CCOc1ccccc1C1CCC(OC)CC1. The fourth-order valence-electron chi connectivity index (χ4n) is 2.71. The van der Waals surface area contributed by atoms with Crippen molar-refractivity contribution in [3.63, 3.8) is 0 Å². The third-order valence-electron chi connectivity index (χ3n) is 3.67. The molecule has 0 bridgehead atoms. The van der Waals surface area contributed by atoms with Crippen LogP contribution in [0.15, 0.2) is 24.3 Å². The summed E-state index contributed by atoms with van der Waals surface area (Å²) in [5, 5.41) is 0. The molecule has 0 aromatic heterocycles. The van der Waals surface area contributed by atoms with Crippen LogP contribution in [0.5, 0.6) is 5.75 Å². The second-order valence-corrected chi connectivity index (χ2v) is 4.68. The molecule has 0 radical (unpaired) electrons. The van der Waals surface area contributed by atoms with Crippen molar-refractivity contribution >= 4 is 0 Å². The molecule has 1 saturated carbocycles. The Kier molecular flexibility index (Phi) is 4.43. The summed E-state index contributed by atoms with van der Waals surface area (Å²) in [6, 6.07) is 8.46. The fourth-order valence-corrected chi connectivity index (χ4v) is 2.71. The number of hydrogen-bond donors (Lipinski definition) is 0. The zero-order valence-electron chi connectivity index (χ0n) is 10.8. The molecule has 1 aromatic rings. The molecule has 1 aromatic carbocycles. The highest BCUT2D eigenvalue weighted by Crippen LogP contribution is 2.38. The van der Waals surface area contributed by atoms with Gasteiger partial charge in [-0.2, -0.15) is 0 Å². The lowest BCUT2D eigenvalue weighted by Gasteiger charge is -2.28. The summed E-state index contributed by atoms with van der Waals surface area (Å²) >= 11 is 0. The van der Waals surface area contributed by atoms with Gasteiger partial charge in [-0.1, -0.05) is 18.2 Å². The molecule has 2 rings (SSSR count). The molecule has 2 heteroatoms. The highest BCUT2D eigenvalue weighted by molar-refractivity contribution is 5.36. The number of benzene rings is 1. The zero-order chi connectivity index (χ0) is 12.1. The molecule has 0 saturated heterocycles. The average Bonchev–Trinajstić information content (AvgIpc) is 2.40. The van der Waals surface area contributed by atoms with Crippen molar-refractivity contribution < 1.29 is 9.47 Å². The van der Waals surface area contributed by atoms with E-state index in [2.05, 4.69) is 24.3 Å². The minimum Gasteiger partial charge on any atom is -0.494 e. The Balaban J connectivity index is 2.07. The van der Waals surface area contributed by atoms with Crippen LogP contribution in [-0.4, -0.2) is 19.8 Å². The molecule has 0 amide bonds. The molecule has 0 N–H and O–H groups in total. The fraction of sp³-hybridized carbons (Fsp3) is 0.600. The van der Waals surface area contributed by atoms with E-state index in [1.807, 2.05) is 14.0 Å². The van der Waals surface area contributed by atoms with Gasteiger partial charge in [0.25, 0.3) is 0 Å². The maximum absolute atomic E-state index is 5.71. The van der Waals surface area contributed by atoms with E-state index < -0.39 is 0 Å². The van der Waals surface area contributed by atoms with Crippen molar-refractivity contribution in [2.75, 3.05) is 13.7 Å². The van der Waals surface area contributed by atoms with Gasteiger partial charge in [0.1, 0.15) is 5.75 Å². The Morgan fingerprint density at radius 2 is 1.82 bits per heavy atom. The van der Waals surface area contributed by atoms with Crippen LogP contribution in [0.4, 0.5) is 0 Å². The van der Waals surface area contributed by atoms with Crippen LogP contribution in [0.2, 0.25) is 0 Å². The van der Waals surface area contributed by atoms with Crippen molar-refractivity contribution in [2.24, 2.45) is 0 Å². The number of para-hydroxylation sites is 1. The van der Waals surface area contributed by atoms with Crippen LogP contribution >= 0.6 is 0 Å². The van der Waals surface area contributed by atoms with Crippen molar-refractivity contribution in [1.29, 1.82) is 0 Å². The maximum Gasteiger partial charge on any atom is 0.122 e. The van der Waals surface area contributed by atoms with Gasteiger partial charge in [-0.15, -0.1) is 0 Å². The van der Waals surface area contributed by atoms with E-state index in [4.69, 9.17) is 9.47 Å². The van der Waals surface area contributed by atoms with Crippen molar-refractivity contribution in [1.82, 2.24) is 0 Å². The Hall–Kier alpha value is -1.02. The van der Waals surface area contributed by atoms with Gasteiger partial charge in [0.2, 0.25) is 0 Å². The summed E-state index contributed by atoms with van der Waals surface area (Å²) in [5.41, 5.74) is 1.38. The van der Waals surface area contributed by atoms with E-state index in [1.54, 1.807) is 0 Å². The zero-order valence-corrected chi connectivity index (χ0v) is 10.8. The Morgan fingerprint density at radius 3 is 2.47 bits per heavy atom. The predicted octanol–water partition coefficient (Wildman–Crippen LogP) is 3.76. The Labute approximate surface area is 104 Å². The van der Waals surface area contributed by atoms with E-state index in [1.165, 1.54) is 31.2 Å². The second kappa shape index (κ2) is 6.06. The predicted molar refractivity (Wildman–Crippen MR) is 69.6 cm³/mol. The number of methoxy groups -OCH3 is 1. The van der Waals surface area contributed by atoms with Gasteiger partial charge < -0.3 is 9.47 Å². The van der Waals surface area contributed by atoms with Crippen LogP contribution in [0.25, 0.3) is 0 Å². The number of rotatable bonds is 4. The first kappa shape index (κ1) is 12.4. The molecule has 0 aliphatic heterocycles. The molecular weight excluding hydrogens is 212 g/mol. The Morgan fingerprint density at radius 1 is 1.12 bits per heavy atom. The highest BCUT2D eigenvalue weighted by Gasteiger charge is 2.23. The lowest BCUT2D eigenvalue weighted by Crippen LogP contribution is -2.19. The number of ether oxygens (including phenoxy) is 2. The Bertz CT molecular complexity index is 341. The van der Waals surface area contributed by atoms with Gasteiger partial charge in [-0.25, -0.2) is 0 Å². The van der Waals surface area contributed by atoms with E-state index in [0.29, 0.717) is 12.0 Å². The highest BCUT2D eigenvalue weighted by atomic mass is 16.5. The van der Waals surface area contributed by atoms with Crippen molar-refractivity contribution in [2.45, 2.75) is 44.6 Å². The largest absolute Gasteiger partial charge is 0.494 e. The lowest BCUT2D eigenvalue weighted by molar-refractivity contribution is 0.0656. The molecule has 94 valence electrons. The quantitative estimate of drug-likeness (QED) is 0.789. The van der Waals surface area contributed by atoms with Gasteiger partial charge in [-0.3, -0.25) is 0 Å². The molecule has 0 atom stereocenters. The summed E-state index contributed by atoms with van der Waals surface area (Å²) in [4.78, 5) is 0. The third kappa shape index (κ3) is 3.01. The summed E-state index contributed by atoms with van der Waals surface area (Å²) in [7, 11) is 1.82. The van der Waals surface area contributed by atoms with Crippen LogP contribution in [0, 0.1) is 0 Å². The molecule has 17 heavy (non-hydrogen) atoms. The standard InChI is InChI=1S/C15H22O2/c1-3-17-15-7-5-4-6-14(15)12-8-10-13(16-2)11-9-12/h4-7,12-13H,3,8-11H2,1-2H3. The van der Waals surface area contributed by atoms with Crippen LogP contribution < -0.4 is 4.74 Å². The molecule has 1 fully saturated rings. The first-order valence-electron chi connectivity index (χ1n) is 6.59. The van der Waals surface area contributed by atoms with E-state index in [0.717, 1.165) is 12.4 Å². The van der Waals surface area contributed by atoms with Crippen LogP contribution in [0.3, 0.4) is 0 Å². The van der Waals surface area contributed by atoms with Crippen molar-refractivity contribution in [3.05, 3.63) is 29.8 Å². The van der Waals surface area contributed by atoms with Gasteiger partial charge in [0.05, 0.1) is 12.7 Å². The minimum atomic E-state index is 0.463. The van der Waals surface area contributed by atoms with E-state index in [9.17, 15) is 0 Å². The molecule has 1 aliphatic carbocycles. The first-order valence-corrected chi connectivity index (χ1v) is 6.59. The second-order valence-electron chi connectivity index (χ2n) is 4.68. The van der Waals surface area contributed by atoms with Crippen LogP contribution in [0.1, 0.15) is 44.1 Å². The summed E-state index contributed by atoms with van der Waals surface area (Å²) < 4.78 is 11.1. The van der Waals surface area contributed by atoms with E-state index >= 15 is 0 Å². The van der Waals surface area contributed by atoms with Gasteiger partial charge in [-0.05, 0) is 50.2 Å². The normalized spacial score (nSPS) is 24.6. The molecule has 1 aliphatic rings. The molecular formula is C15H22O2. The molecule has 2 nitrogen and oxygen atoms in total. The summed E-state index contributed by atoms with van der Waals surface area (Å²) in [6.45, 7) is 2.78. The molecule has 0 unspecified atom stereocenters. The summed E-state index contributed by atoms with van der Waals surface area (Å²) in [5.74, 6) is 1.71. The molecule has 0 heterocycles. The summed E-state index contributed by atoms with van der Waals surface area (Å²) in [6.07, 6.45) is 5.22. The van der Waals surface area contributed by atoms with Crippen molar-refractivity contribution in [3.8, 4) is 5.75 Å². The van der Waals surface area contributed by atoms with Gasteiger partial charge in [0, 0.05) is 7.11 Å². The minimum absolute atomic E-state index is 0.463. The van der Waals surface area contributed by atoms with Gasteiger partial charge >= 0.3 is 0 Å². The average molecular weight is 234 g/mol. The maximum atomic E-state index is 5.71. The molecule has 0 spiro atoms. The smallest absolute Gasteiger partial charge is 0.122 e. The topological polar surface area (TPSA) is 18.5 Å². The monoisotopic (exact) mass is 234 g/mol.